The first-order chi connectivity index (χ1) is 12.6. The molecular weight excluding hydrogens is 422 g/mol. The third-order valence-corrected chi connectivity index (χ3v) is 8.24. The Bertz CT molecular complexity index is 1050. The van der Waals surface area contributed by atoms with Crippen molar-refractivity contribution in [3.63, 3.8) is 0 Å². The minimum Gasteiger partial charge on any atom is -0.207 e. The highest BCUT2D eigenvalue weighted by atomic mass is 35.5. The standard InChI is InChI=1S/C16H15ClF2N2O4S2/c17-12-1-3-13(4-2-12)26(22,23)20-7-9-21(10-8-20)27(24,25)14-5-6-15(18)16(19)11-14/h1-6,11H,7-10H2. The van der Waals surface area contributed by atoms with Crippen molar-refractivity contribution in [3.8, 4) is 0 Å². The van der Waals surface area contributed by atoms with Gasteiger partial charge in [0, 0.05) is 31.2 Å². The first-order valence-corrected chi connectivity index (χ1v) is 11.1. The van der Waals surface area contributed by atoms with Gasteiger partial charge in [0.25, 0.3) is 0 Å². The van der Waals surface area contributed by atoms with E-state index in [2.05, 4.69) is 0 Å². The Morgan fingerprint density at radius 2 is 1.15 bits per heavy atom. The lowest BCUT2D eigenvalue weighted by Gasteiger charge is -2.33. The lowest BCUT2D eigenvalue weighted by molar-refractivity contribution is 0.272. The van der Waals surface area contributed by atoms with Gasteiger partial charge >= 0.3 is 0 Å². The maximum absolute atomic E-state index is 13.4. The van der Waals surface area contributed by atoms with Crippen LogP contribution in [0.2, 0.25) is 5.02 Å². The highest BCUT2D eigenvalue weighted by molar-refractivity contribution is 7.89. The maximum atomic E-state index is 13.4. The van der Waals surface area contributed by atoms with Crippen LogP contribution >= 0.6 is 11.6 Å². The largest absolute Gasteiger partial charge is 0.243 e. The van der Waals surface area contributed by atoms with Gasteiger partial charge in [-0.2, -0.15) is 8.61 Å². The van der Waals surface area contributed by atoms with Gasteiger partial charge in [0.15, 0.2) is 11.6 Å². The van der Waals surface area contributed by atoms with E-state index in [9.17, 15) is 25.6 Å². The summed E-state index contributed by atoms with van der Waals surface area (Å²) in [4.78, 5) is -0.320. The van der Waals surface area contributed by atoms with Crippen molar-refractivity contribution >= 4 is 31.6 Å². The molecule has 1 fully saturated rings. The third-order valence-electron chi connectivity index (χ3n) is 4.18. The Morgan fingerprint density at radius 3 is 1.63 bits per heavy atom. The highest BCUT2D eigenvalue weighted by Gasteiger charge is 2.34. The van der Waals surface area contributed by atoms with Gasteiger partial charge in [-0.15, -0.1) is 0 Å². The molecule has 3 rings (SSSR count). The second kappa shape index (κ2) is 7.44. The van der Waals surface area contributed by atoms with Gasteiger partial charge in [0.2, 0.25) is 20.0 Å². The van der Waals surface area contributed by atoms with Crippen LogP contribution in [0, 0.1) is 11.6 Å². The Kier molecular flexibility index (Phi) is 5.55. The molecule has 27 heavy (non-hydrogen) atoms. The highest BCUT2D eigenvalue weighted by Crippen LogP contribution is 2.23. The molecule has 1 aliphatic rings. The van der Waals surface area contributed by atoms with E-state index in [1.54, 1.807) is 0 Å². The lowest BCUT2D eigenvalue weighted by atomic mass is 10.3. The Balaban J connectivity index is 1.76. The number of piperazine rings is 1. The summed E-state index contributed by atoms with van der Waals surface area (Å²) in [6, 6.07) is 8.00. The molecular formula is C16H15ClF2N2O4S2. The van der Waals surface area contributed by atoms with Gasteiger partial charge in [0.1, 0.15) is 0 Å². The van der Waals surface area contributed by atoms with Crippen molar-refractivity contribution in [3.05, 3.63) is 59.1 Å². The van der Waals surface area contributed by atoms with Crippen molar-refractivity contribution in [2.45, 2.75) is 9.79 Å². The number of halogens is 3. The van der Waals surface area contributed by atoms with Crippen LogP contribution in [0.25, 0.3) is 0 Å². The number of hydrogen-bond acceptors (Lipinski definition) is 4. The normalized spacial score (nSPS) is 17.1. The molecule has 0 atom stereocenters. The van der Waals surface area contributed by atoms with Crippen molar-refractivity contribution < 1.29 is 25.6 Å². The summed E-state index contributed by atoms with van der Waals surface area (Å²) in [6.45, 7) is -0.329. The number of hydrogen-bond donors (Lipinski definition) is 0. The number of nitrogens with zero attached hydrogens (tertiary/aromatic N) is 2. The van der Waals surface area contributed by atoms with Crippen molar-refractivity contribution in [2.75, 3.05) is 26.2 Å². The van der Waals surface area contributed by atoms with E-state index in [-0.39, 0.29) is 36.0 Å². The van der Waals surface area contributed by atoms with Crippen LogP contribution in [0.15, 0.2) is 52.3 Å². The molecule has 0 aromatic heterocycles. The Hall–Kier alpha value is -1.59. The summed E-state index contributed by atoms with van der Waals surface area (Å²) in [5.74, 6) is -2.41. The fourth-order valence-electron chi connectivity index (χ4n) is 2.69. The zero-order chi connectivity index (χ0) is 19.8. The summed E-state index contributed by atoms with van der Waals surface area (Å²) in [6.07, 6.45) is 0. The molecule has 6 nitrogen and oxygen atoms in total. The van der Waals surface area contributed by atoms with Crippen LogP contribution < -0.4 is 0 Å². The first-order valence-electron chi connectivity index (χ1n) is 7.83. The van der Waals surface area contributed by atoms with Crippen LogP contribution in [0.3, 0.4) is 0 Å². The molecule has 0 spiro atoms. The van der Waals surface area contributed by atoms with Gasteiger partial charge in [-0.3, -0.25) is 0 Å². The zero-order valence-corrected chi connectivity index (χ0v) is 16.2. The predicted octanol–water partition coefficient (Wildman–Crippen LogP) is 2.31. The van der Waals surface area contributed by atoms with Crippen LogP contribution in [-0.2, 0) is 20.0 Å². The van der Waals surface area contributed by atoms with Crippen LogP contribution in [0.5, 0.6) is 0 Å². The van der Waals surface area contributed by atoms with Gasteiger partial charge in [-0.25, -0.2) is 25.6 Å². The molecule has 0 radical (unpaired) electrons. The summed E-state index contributed by atoms with van der Waals surface area (Å²) in [5, 5.41) is 0.399. The molecule has 1 saturated heterocycles. The molecule has 2 aromatic carbocycles. The second-order valence-corrected chi connectivity index (χ2v) is 10.2. The first kappa shape index (κ1) is 20.2. The zero-order valence-electron chi connectivity index (χ0n) is 13.8. The monoisotopic (exact) mass is 436 g/mol. The molecule has 0 aliphatic carbocycles. The molecule has 2 aromatic rings. The molecule has 146 valence electrons. The van der Waals surface area contributed by atoms with E-state index in [0.29, 0.717) is 11.1 Å². The van der Waals surface area contributed by atoms with E-state index in [1.165, 1.54) is 28.6 Å². The van der Waals surface area contributed by atoms with Crippen molar-refractivity contribution in [1.29, 1.82) is 0 Å². The molecule has 0 unspecified atom stereocenters. The molecule has 0 saturated carbocycles. The molecule has 1 heterocycles. The smallest absolute Gasteiger partial charge is 0.207 e. The molecule has 0 N–H and O–H groups in total. The maximum Gasteiger partial charge on any atom is 0.243 e. The average molecular weight is 437 g/mol. The Morgan fingerprint density at radius 1 is 0.704 bits per heavy atom. The number of benzene rings is 2. The van der Waals surface area contributed by atoms with Crippen LogP contribution in [0.1, 0.15) is 0 Å². The van der Waals surface area contributed by atoms with Gasteiger partial charge in [-0.05, 0) is 42.5 Å². The molecule has 0 amide bonds. The van der Waals surface area contributed by atoms with E-state index >= 15 is 0 Å². The SMILES string of the molecule is O=S(=O)(c1ccc(Cl)cc1)N1CCN(S(=O)(=O)c2ccc(F)c(F)c2)CC1. The molecule has 0 bridgehead atoms. The van der Waals surface area contributed by atoms with E-state index < -0.39 is 31.7 Å². The lowest BCUT2D eigenvalue weighted by Crippen LogP contribution is -2.50. The van der Waals surface area contributed by atoms with Gasteiger partial charge < -0.3 is 0 Å². The number of sulfonamides is 2. The van der Waals surface area contributed by atoms with Crippen LogP contribution in [0.4, 0.5) is 8.78 Å². The molecule has 1 aliphatic heterocycles. The fourth-order valence-corrected chi connectivity index (χ4v) is 5.68. The summed E-state index contributed by atoms with van der Waals surface area (Å²) in [7, 11) is -7.83. The summed E-state index contributed by atoms with van der Waals surface area (Å²) >= 11 is 5.76. The molecule has 11 heteroatoms. The quantitative estimate of drug-likeness (QED) is 0.737. The fraction of sp³-hybridized carbons (Fsp3) is 0.250. The van der Waals surface area contributed by atoms with Gasteiger partial charge in [-0.1, -0.05) is 11.6 Å². The Labute approximate surface area is 161 Å². The summed E-state index contributed by atoms with van der Waals surface area (Å²) in [5.41, 5.74) is 0. The number of rotatable bonds is 4. The third kappa shape index (κ3) is 3.99. The van der Waals surface area contributed by atoms with Crippen LogP contribution in [-0.4, -0.2) is 51.6 Å². The van der Waals surface area contributed by atoms with Crippen molar-refractivity contribution in [1.82, 2.24) is 8.61 Å². The second-order valence-electron chi connectivity index (χ2n) is 5.84. The minimum atomic E-state index is -4.05. The van der Waals surface area contributed by atoms with E-state index in [4.69, 9.17) is 11.6 Å². The average Bonchev–Trinajstić information content (AvgIpc) is 2.64. The van der Waals surface area contributed by atoms with Gasteiger partial charge in [0.05, 0.1) is 9.79 Å². The van der Waals surface area contributed by atoms with E-state index in [1.807, 2.05) is 0 Å². The summed E-state index contributed by atoms with van der Waals surface area (Å²) < 4.78 is 79.0. The predicted molar refractivity (Wildman–Crippen MR) is 95.3 cm³/mol. The topological polar surface area (TPSA) is 74.8 Å². The minimum absolute atomic E-state index is 0.0591. The van der Waals surface area contributed by atoms with Crippen molar-refractivity contribution in [2.24, 2.45) is 0 Å². The van der Waals surface area contributed by atoms with E-state index in [0.717, 1.165) is 16.4 Å².